The Kier molecular flexibility index (Phi) is 23.6. The molecule has 0 bridgehead atoms. The van der Waals surface area contributed by atoms with Crippen molar-refractivity contribution in [3.8, 4) is 0 Å². The summed E-state index contributed by atoms with van der Waals surface area (Å²) >= 11 is 0. The predicted octanol–water partition coefficient (Wildman–Crippen LogP) is 6.37. The van der Waals surface area contributed by atoms with E-state index in [1.807, 2.05) is 0 Å². The molecular formula is C18H42N2. The molecule has 0 amide bonds. The van der Waals surface area contributed by atoms with Crippen LogP contribution >= 0.6 is 0 Å². The van der Waals surface area contributed by atoms with Crippen LogP contribution in [0.15, 0.2) is 0 Å². The fourth-order valence-corrected chi connectivity index (χ4v) is 2.69. The maximum atomic E-state index is 5.48. The van der Waals surface area contributed by atoms with E-state index in [1.54, 1.807) is 0 Å². The van der Waals surface area contributed by atoms with E-state index in [0.29, 0.717) is 0 Å². The molecule has 0 heterocycles. The zero-order valence-corrected chi connectivity index (χ0v) is 14.3. The monoisotopic (exact) mass is 286 g/mol. The summed E-state index contributed by atoms with van der Waals surface area (Å²) in [6.07, 6.45) is 22.9. The lowest BCUT2D eigenvalue weighted by Crippen LogP contribution is -1.97. The van der Waals surface area contributed by atoms with Crippen LogP contribution in [0.25, 0.3) is 0 Å². The predicted molar refractivity (Wildman–Crippen MR) is 93.6 cm³/mol. The Morgan fingerprint density at radius 2 is 0.700 bits per heavy atom. The smallest absolute Gasteiger partial charge is 0.00773 e. The summed E-state index contributed by atoms with van der Waals surface area (Å²) < 4.78 is 0. The number of hydrogen-bond acceptors (Lipinski definition) is 2. The molecule has 5 N–H and O–H groups in total. The Morgan fingerprint density at radius 3 is 0.950 bits per heavy atom. The fraction of sp³-hybridized carbons (Fsp3) is 1.00. The molecule has 0 aromatic rings. The average molecular weight is 287 g/mol. The van der Waals surface area contributed by atoms with Gasteiger partial charge in [-0.2, -0.15) is 0 Å². The van der Waals surface area contributed by atoms with Gasteiger partial charge in [-0.1, -0.05) is 103 Å². The van der Waals surface area contributed by atoms with Crippen LogP contribution in [0.3, 0.4) is 0 Å². The van der Waals surface area contributed by atoms with E-state index in [4.69, 9.17) is 5.73 Å². The van der Waals surface area contributed by atoms with Gasteiger partial charge in [-0.15, -0.1) is 0 Å². The van der Waals surface area contributed by atoms with Gasteiger partial charge in [0.15, 0.2) is 0 Å². The van der Waals surface area contributed by atoms with Gasteiger partial charge in [-0.3, -0.25) is 0 Å². The highest BCUT2D eigenvalue weighted by molar-refractivity contribution is 4.49. The van der Waals surface area contributed by atoms with Crippen LogP contribution in [-0.4, -0.2) is 6.54 Å². The number of hydrogen-bond donors (Lipinski definition) is 2. The first-order valence-electron chi connectivity index (χ1n) is 9.12. The van der Waals surface area contributed by atoms with E-state index in [0.717, 1.165) is 6.54 Å². The molecule has 124 valence electrons. The molecule has 2 nitrogen and oxygen atoms in total. The van der Waals surface area contributed by atoms with Gasteiger partial charge in [-0.05, 0) is 13.0 Å². The van der Waals surface area contributed by atoms with Gasteiger partial charge in [-0.25, -0.2) is 0 Å². The van der Waals surface area contributed by atoms with Gasteiger partial charge in [0.2, 0.25) is 0 Å². The quantitative estimate of drug-likeness (QED) is 0.324. The van der Waals surface area contributed by atoms with Crippen LogP contribution in [-0.2, 0) is 0 Å². The van der Waals surface area contributed by atoms with Gasteiger partial charge >= 0.3 is 0 Å². The molecule has 0 spiro atoms. The van der Waals surface area contributed by atoms with E-state index >= 15 is 0 Å². The third-order valence-electron chi connectivity index (χ3n) is 4.06. The van der Waals surface area contributed by atoms with Crippen molar-refractivity contribution in [2.75, 3.05) is 6.54 Å². The summed E-state index contributed by atoms with van der Waals surface area (Å²) in [5.74, 6) is 0. The first-order chi connectivity index (χ1) is 9.41. The Morgan fingerprint density at radius 1 is 0.450 bits per heavy atom. The second-order valence-electron chi connectivity index (χ2n) is 6.09. The van der Waals surface area contributed by atoms with Crippen LogP contribution in [0.1, 0.15) is 110 Å². The van der Waals surface area contributed by atoms with Crippen LogP contribution in [0.5, 0.6) is 0 Å². The van der Waals surface area contributed by atoms with Crippen LogP contribution in [0, 0.1) is 0 Å². The van der Waals surface area contributed by atoms with Gasteiger partial charge < -0.3 is 11.9 Å². The molecule has 0 aliphatic carbocycles. The summed E-state index contributed by atoms with van der Waals surface area (Å²) in [5.41, 5.74) is 5.48. The van der Waals surface area contributed by atoms with Gasteiger partial charge in [0.1, 0.15) is 0 Å². The highest BCUT2D eigenvalue weighted by Crippen LogP contribution is 2.13. The van der Waals surface area contributed by atoms with Crippen LogP contribution in [0.4, 0.5) is 0 Å². The van der Waals surface area contributed by atoms with E-state index in [1.165, 1.54) is 103 Å². The summed E-state index contributed by atoms with van der Waals surface area (Å²) in [4.78, 5) is 0. The topological polar surface area (TPSA) is 61.0 Å². The molecule has 20 heavy (non-hydrogen) atoms. The standard InChI is InChI=1S/C18H39N.H3N/c1-2-3-4-5-6-7-8-9-10-11-12-13-14-15-16-17-18-19;/h2-19H2,1H3;1H3. The van der Waals surface area contributed by atoms with Crippen LogP contribution in [0.2, 0.25) is 0 Å². The van der Waals surface area contributed by atoms with E-state index < -0.39 is 0 Å². The second kappa shape index (κ2) is 21.2. The molecule has 0 aliphatic rings. The summed E-state index contributed by atoms with van der Waals surface area (Å²) in [7, 11) is 0. The van der Waals surface area contributed by atoms with Crippen LogP contribution < -0.4 is 11.9 Å². The normalized spacial score (nSPS) is 10.5. The lowest BCUT2D eigenvalue weighted by molar-refractivity contribution is 0.530. The second-order valence-corrected chi connectivity index (χ2v) is 6.09. The zero-order chi connectivity index (χ0) is 14.0. The largest absolute Gasteiger partial charge is 0.344 e. The fourth-order valence-electron chi connectivity index (χ4n) is 2.69. The number of nitrogens with two attached hydrogens (primary N) is 1. The maximum absolute atomic E-state index is 5.48. The molecule has 0 rings (SSSR count). The summed E-state index contributed by atoms with van der Waals surface area (Å²) in [6, 6.07) is 0. The van der Waals surface area contributed by atoms with Crippen molar-refractivity contribution in [2.24, 2.45) is 5.73 Å². The molecule has 0 atom stereocenters. The van der Waals surface area contributed by atoms with E-state index in [2.05, 4.69) is 6.92 Å². The number of rotatable bonds is 16. The molecule has 2 heteroatoms. The molecular weight excluding hydrogens is 244 g/mol. The molecule has 0 saturated heterocycles. The minimum atomic E-state index is 0. The summed E-state index contributed by atoms with van der Waals surface area (Å²) in [6.45, 7) is 3.16. The molecule has 0 radical (unpaired) electrons. The summed E-state index contributed by atoms with van der Waals surface area (Å²) in [5, 5.41) is 0. The Labute approximate surface area is 128 Å². The van der Waals surface area contributed by atoms with Crippen molar-refractivity contribution in [2.45, 2.75) is 110 Å². The minimum absolute atomic E-state index is 0. The highest BCUT2D eigenvalue weighted by atomic mass is 14.5. The lowest BCUT2D eigenvalue weighted by atomic mass is 10.0. The van der Waals surface area contributed by atoms with Crippen molar-refractivity contribution in [3.63, 3.8) is 0 Å². The molecule has 0 unspecified atom stereocenters. The highest BCUT2D eigenvalue weighted by Gasteiger charge is 1.94. The van der Waals surface area contributed by atoms with Crippen molar-refractivity contribution < 1.29 is 0 Å². The van der Waals surface area contributed by atoms with Gasteiger partial charge in [0, 0.05) is 0 Å². The molecule has 0 aromatic carbocycles. The van der Waals surface area contributed by atoms with Crippen molar-refractivity contribution >= 4 is 0 Å². The zero-order valence-electron chi connectivity index (χ0n) is 14.3. The Hall–Kier alpha value is -0.0800. The minimum Gasteiger partial charge on any atom is -0.344 e. The molecule has 0 saturated carbocycles. The van der Waals surface area contributed by atoms with Crippen molar-refractivity contribution in [1.29, 1.82) is 0 Å². The first kappa shape index (κ1) is 22.2. The Bertz CT molecular complexity index is 132. The third kappa shape index (κ3) is 20.2. The lowest BCUT2D eigenvalue weighted by Gasteiger charge is -2.03. The number of unbranched alkanes of at least 4 members (excludes halogenated alkanes) is 15. The van der Waals surface area contributed by atoms with Gasteiger partial charge in [0.25, 0.3) is 0 Å². The molecule has 0 aromatic heterocycles. The third-order valence-corrected chi connectivity index (χ3v) is 4.06. The van der Waals surface area contributed by atoms with Gasteiger partial charge in [0.05, 0.1) is 0 Å². The molecule has 0 aliphatic heterocycles. The maximum Gasteiger partial charge on any atom is -0.00773 e. The van der Waals surface area contributed by atoms with Crippen molar-refractivity contribution in [3.05, 3.63) is 0 Å². The van der Waals surface area contributed by atoms with Crippen molar-refractivity contribution in [1.82, 2.24) is 6.15 Å². The Balaban J connectivity index is 0. The van der Waals surface area contributed by atoms with E-state index in [-0.39, 0.29) is 6.15 Å². The average Bonchev–Trinajstić information content (AvgIpc) is 2.43. The SMILES string of the molecule is CCCCCCCCCCCCCCCCCCN.N. The molecule has 0 fully saturated rings. The van der Waals surface area contributed by atoms with E-state index in [9.17, 15) is 0 Å². The first-order valence-corrected chi connectivity index (χ1v) is 9.12.